The Bertz CT molecular complexity index is 368. The number of hydrogen-bond donors (Lipinski definition) is 0. The fraction of sp³-hybridized carbons (Fsp3) is 0.800. The molecule has 3 nitrogen and oxygen atoms in total. The van der Waals surface area contributed by atoms with E-state index < -0.39 is 28.3 Å². The lowest BCUT2D eigenvalue weighted by atomic mass is 10.1. The molecule has 0 unspecified atom stereocenters. The van der Waals surface area contributed by atoms with Crippen LogP contribution in [0.4, 0.5) is 0 Å². The van der Waals surface area contributed by atoms with Crippen LogP contribution in [0.5, 0.6) is 0 Å². The van der Waals surface area contributed by atoms with E-state index in [1.807, 2.05) is 0 Å². The van der Waals surface area contributed by atoms with E-state index in [4.69, 9.17) is 12.7 Å². The van der Waals surface area contributed by atoms with Crippen molar-refractivity contribution in [2.24, 2.45) is 0 Å². The summed E-state index contributed by atoms with van der Waals surface area (Å²) in [5, 5.41) is 0. The van der Waals surface area contributed by atoms with Gasteiger partial charge in [0.25, 0.3) is 0 Å². The van der Waals surface area contributed by atoms with Gasteiger partial charge >= 0.3 is 8.80 Å². The van der Waals surface area contributed by atoms with Crippen LogP contribution in [0, 0.1) is 0 Å². The highest BCUT2D eigenvalue weighted by Crippen LogP contribution is 2.20. The van der Waals surface area contributed by atoms with Crippen molar-refractivity contribution in [2.75, 3.05) is 6.61 Å². The topological polar surface area (TPSA) is 27.7 Å². The van der Waals surface area contributed by atoms with Gasteiger partial charge in [-0.1, -0.05) is 74.4 Å². The Morgan fingerprint density at radius 2 is 1.19 bits per heavy atom. The molecule has 0 saturated carbocycles. The molecule has 0 N–H and O–H groups in total. The first-order chi connectivity index (χ1) is 12.5. The molecule has 0 aliphatic heterocycles. The second-order valence-corrected chi connectivity index (χ2v) is 13.5. The van der Waals surface area contributed by atoms with Crippen LogP contribution in [0.25, 0.3) is 0 Å². The fourth-order valence-corrected chi connectivity index (χ4v) is 10.2. The van der Waals surface area contributed by atoms with Crippen LogP contribution in [0.3, 0.4) is 0 Å². The number of hydrogen-bond acceptors (Lipinski definition) is 3. The van der Waals surface area contributed by atoms with Crippen LogP contribution >= 0.6 is 0 Å². The van der Waals surface area contributed by atoms with E-state index in [9.17, 15) is 0 Å². The van der Waals surface area contributed by atoms with Crippen molar-refractivity contribution in [1.29, 1.82) is 0 Å². The van der Waals surface area contributed by atoms with Crippen LogP contribution in [0.1, 0.15) is 92.9 Å². The van der Waals surface area contributed by atoms with E-state index in [2.05, 4.69) is 52.9 Å². The van der Waals surface area contributed by atoms with Gasteiger partial charge in [-0.3, -0.25) is 0 Å². The van der Waals surface area contributed by atoms with Crippen LogP contribution < -0.4 is 0 Å². The molecule has 0 aromatic heterocycles. The summed E-state index contributed by atoms with van der Waals surface area (Å²) >= 11 is 0. The summed E-state index contributed by atoms with van der Waals surface area (Å²) in [6, 6.07) is 0.989. The van der Waals surface area contributed by atoms with Gasteiger partial charge in [0.15, 0.2) is 19.5 Å². The van der Waals surface area contributed by atoms with Crippen molar-refractivity contribution >= 4 is 28.3 Å². The third-order valence-electron chi connectivity index (χ3n) is 4.29. The molecule has 26 heavy (non-hydrogen) atoms. The zero-order valence-corrected chi connectivity index (χ0v) is 22.2. The monoisotopic (exact) mass is 416 g/mol. The minimum absolute atomic E-state index is 0.690. The van der Waals surface area contributed by atoms with Gasteiger partial charge in [-0.15, -0.1) is 0 Å². The van der Waals surface area contributed by atoms with Gasteiger partial charge in [-0.2, -0.15) is 0 Å². The van der Waals surface area contributed by atoms with Crippen LogP contribution in [0.2, 0.25) is 6.04 Å². The smallest absolute Gasteiger partial charge is 0.418 e. The molecule has 0 saturated heterocycles. The van der Waals surface area contributed by atoms with E-state index >= 15 is 0 Å². The summed E-state index contributed by atoms with van der Waals surface area (Å²) in [5.41, 5.74) is 7.20. The second-order valence-electron chi connectivity index (χ2n) is 7.53. The molecule has 0 bridgehead atoms. The van der Waals surface area contributed by atoms with Gasteiger partial charge in [0, 0.05) is 12.7 Å². The van der Waals surface area contributed by atoms with E-state index in [1.165, 1.54) is 62.5 Å². The highest BCUT2D eigenvalue weighted by atomic mass is 28.4. The first kappa shape index (κ1) is 26.0. The molecule has 0 radical (unpaired) electrons. The summed E-state index contributed by atoms with van der Waals surface area (Å²) in [7, 11) is -3.90. The Morgan fingerprint density at radius 3 is 1.62 bits per heavy atom. The van der Waals surface area contributed by atoms with Gasteiger partial charge < -0.3 is 12.7 Å². The van der Waals surface area contributed by atoms with E-state index in [-0.39, 0.29) is 0 Å². The average Bonchev–Trinajstić information content (AvgIpc) is 2.57. The molecule has 0 spiro atoms. The van der Waals surface area contributed by atoms with Gasteiger partial charge in [0.1, 0.15) is 0 Å². The molecule has 0 fully saturated rings. The summed E-state index contributed by atoms with van der Waals surface area (Å²) < 4.78 is 18.9. The first-order valence-corrected chi connectivity index (χ1v) is 15.4. The normalized spacial score (nSPS) is 14.2. The summed E-state index contributed by atoms with van der Waals surface area (Å²) in [4.78, 5) is 0. The predicted octanol–water partition coefficient (Wildman–Crippen LogP) is 5.15. The molecule has 0 aliphatic carbocycles. The number of unbranched alkanes of at least 4 members (excludes halogenated alkanes) is 7. The molecular formula is C20H44O3Si3. The van der Waals surface area contributed by atoms with Crippen molar-refractivity contribution < 1.29 is 12.7 Å². The lowest BCUT2D eigenvalue weighted by Gasteiger charge is -2.30. The number of allylic oxidation sites excluding steroid dienone is 2. The maximum atomic E-state index is 6.38. The van der Waals surface area contributed by atoms with Crippen LogP contribution in [-0.2, 0) is 12.7 Å². The van der Waals surface area contributed by atoms with Gasteiger partial charge in [-0.25, -0.2) is 0 Å². The van der Waals surface area contributed by atoms with Gasteiger partial charge in [0.05, 0.1) is 0 Å². The highest BCUT2D eigenvalue weighted by molar-refractivity contribution is 6.71. The van der Waals surface area contributed by atoms with Crippen molar-refractivity contribution in [1.82, 2.24) is 0 Å². The van der Waals surface area contributed by atoms with Crippen LogP contribution in [0.15, 0.2) is 22.5 Å². The molecule has 0 aromatic carbocycles. The molecule has 0 aromatic rings. The Kier molecular flexibility index (Phi) is 17.1. The number of rotatable bonds is 17. The van der Waals surface area contributed by atoms with Gasteiger partial charge in [0.2, 0.25) is 0 Å². The first-order valence-electron chi connectivity index (χ1n) is 10.6. The molecule has 6 heteroatoms. The average molecular weight is 417 g/mol. The zero-order chi connectivity index (χ0) is 19.7. The summed E-state index contributed by atoms with van der Waals surface area (Å²) in [6.45, 7) is 13.6. The standard InChI is InChI=1S/C20H44O3Si3/c1-7-9-10-11-12-13-14-15-16-26(21-8-2,22-24-17-19(3)4)23-25-18-20(5)6/h17-18H,7-16,24-25H2,1-6H3. The highest BCUT2D eigenvalue weighted by Gasteiger charge is 2.38. The second kappa shape index (κ2) is 17.1. The molecule has 0 aliphatic rings. The summed E-state index contributed by atoms with van der Waals surface area (Å²) in [6.07, 6.45) is 10.6. The SMILES string of the molecule is CCCCCCCCCC[Si](OCC)(O[SiH2]C=C(C)C)O[SiH2]C=C(C)C. The Morgan fingerprint density at radius 1 is 0.731 bits per heavy atom. The molecular weight excluding hydrogens is 372 g/mol. The third kappa shape index (κ3) is 15.1. The van der Waals surface area contributed by atoms with E-state index in [0.717, 1.165) is 6.04 Å². The lowest BCUT2D eigenvalue weighted by molar-refractivity contribution is 0.180. The van der Waals surface area contributed by atoms with Crippen molar-refractivity contribution in [3.63, 3.8) is 0 Å². The van der Waals surface area contributed by atoms with Gasteiger partial charge in [-0.05, 0) is 41.0 Å². The van der Waals surface area contributed by atoms with Crippen molar-refractivity contribution in [2.45, 2.75) is 99.0 Å². The largest absolute Gasteiger partial charge is 0.479 e. The molecule has 0 atom stereocenters. The van der Waals surface area contributed by atoms with E-state index in [0.29, 0.717) is 6.61 Å². The Balaban J connectivity index is 4.51. The molecule has 0 amide bonds. The Labute approximate surface area is 169 Å². The zero-order valence-electron chi connectivity index (χ0n) is 18.4. The fourth-order valence-electron chi connectivity index (χ4n) is 2.71. The molecule has 154 valence electrons. The third-order valence-corrected chi connectivity index (χ3v) is 12.8. The van der Waals surface area contributed by atoms with Crippen molar-refractivity contribution in [3.05, 3.63) is 22.5 Å². The molecule has 0 heterocycles. The molecule has 0 rings (SSSR count). The van der Waals surface area contributed by atoms with E-state index in [1.54, 1.807) is 0 Å². The van der Waals surface area contributed by atoms with Crippen LogP contribution in [-0.4, -0.2) is 34.9 Å². The maximum absolute atomic E-state index is 6.38. The Hall–Kier alpha value is 0.0106. The lowest BCUT2D eigenvalue weighted by Crippen LogP contribution is -2.47. The minimum Gasteiger partial charge on any atom is -0.418 e. The predicted molar refractivity (Wildman–Crippen MR) is 123 cm³/mol. The quantitative estimate of drug-likeness (QED) is 0.242. The van der Waals surface area contributed by atoms with Crippen molar-refractivity contribution in [3.8, 4) is 0 Å². The maximum Gasteiger partial charge on any atom is 0.479 e. The minimum atomic E-state index is -2.48. The summed E-state index contributed by atoms with van der Waals surface area (Å²) in [5.74, 6) is 0.